The first-order valence-corrected chi connectivity index (χ1v) is 7.61. The lowest BCUT2D eigenvalue weighted by Gasteiger charge is -2.48. The molecule has 156 valence electrons. The Morgan fingerprint density at radius 1 is 0.731 bits per heavy atom. The SMILES string of the molecule is CCC(C)(C)C(F)(F)C1(F)OC(F)(F)C(F)(C(C)(C)C)C1(F)C(F)(F)F. The Hall–Kier alpha value is -0.740. The van der Waals surface area contributed by atoms with Gasteiger partial charge >= 0.3 is 29.7 Å². The highest BCUT2D eigenvalue weighted by Crippen LogP contribution is 2.73. The maximum Gasteiger partial charge on any atom is 0.432 e. The molecule has 1 fully saturated rings. The van der Waals surface area contributed by atoms with Crippen molar-refractivity contribution in [2.45, 2.75) is 83.4 Å². The minimum Gasteiger partial charge on any atom is -0.271 e. The predicted octanol–water partition coefficient (Wildman–Crippen LogP) is 6.37. The van der Waals surface area contributed by atoms with Crippen molar-refractivity contribution < 1.29 is 48.6 Å². The highest BCUT2D eigenvalue weighted by atomic mass is 19.4. The minimum atomic E-state index is -6.78. The lowest BCUT2D eigenvalue weighted by Crippen LogP contribution is -2.75. The molecule has 0 saturated carbocycles. The standard InChI is InChI=1S/C15H20F10O/c1-7-9(5,6)12(18,19)13(20)11(17,14(21,22)23)10(16,8(2,3)4)15(24,25)26-13/h7H2,1-6H3. The fourth-order valence-electron chi connectivity index (χ4n) is 3.01. The molecule has 1 rings (SSSR count). The normalized spacial score (nSPS) is 36.5. The van der Waals surface area contributed by atoms with Gasteiger partial charge in [-0.3, -0.25) is 4.74 Å². The fourth-order valence-corrected chi connectivity index (χ4v) is 3.01. The molecule has 0 aromatic heterocycles. The van der Waals surface area contributed by atoms with Gasteiger partial charge in [0.05, 0.1) is 0 Å². The van der Waals surface area contributed by atoms with Crippen molar-refractivity contribution in [3.8, 4) is 0 Å². The Balaban J connectivity index is 4.04. The molecule has 0 aromatic rings. The Labute approximate surface area is 144 Å². The first kappa shape index (κ1) is 23.3. The number of halogens is 10. The summed E-state index contributed by atoms with van der Waals surface area (Å²) in [6.45, 7) is 3.26. The Kier molecular flexibility index (Phi) is 4.85. The summed E-state index contributed by atoms with van der Waals surface area (Å²) in [5.41, 5.74) is -17.6. The van der Waals surface area contributed by atoms with Crippen molar-refractivity contribution in [3.63, 3.8) is 0 Å². The zero-order chi connectivity index (χ0) is 21.4. The maximum atomic E-state index is 15.1. The van der Waals surface area contributed by atoms with Gasteiger partial charge in [-0.25, -0.2) is 13.2 Å². The van der Waals surface area contributed by atoms with Gasteiger partial charge in [0.2, 0.25) is 0 Å². The van der Waals surface area contributed by atoms with E-state index >= 15 is 13.2 Å². The van der Waals surface area contributed by atoms with Crippen molar-refractivity contribution in [3.05, 3.63) is 0 Å². The summed E-state index contributed by atoms with van der Waals surface area (Å²) < 4.78 is 146. The minimum absolute atomic E-state index is 0.402. The van der Waals surface area contributed by atoms with Crippen LogP contribution in [0.25, 0.3) is 0 Å². The molecule has 1 heterocycles. The van der Waals surface area contributed by atoms with Crippen LogP contribution in [0.3, 0.4) is 0 Å². The van der Waals surface area contributed by atoms with E-state index in [9.17, 15) is 30.7 Å². The van der Waals surface area contributed by atoms with Crippen molar-refractivity contribution in [2.75, 3.05) is 0 Å². The lowest BCUT2D eigenvalue weighted by molar-refractivity contribution is -0.406. The molecule has 0 N–H and O–H groups in total. The number of alkyl halides is 10. The van der Waals surface area contributed by atoms with Gasteiger partial charge in [0.1, 0.15) is 0 Å². The third kappa shape index (κ3) is 2.27. The van der Waals surface area contributed by atoms with E-state index in [1.807, 2.05) is 0 Å². The Morgan fingerprint density at radius 3 is 1.38 bits per heavy atom. The summed E-state index contributed by atoms with van der Waals surface area (Å²) in [4.78, 5) is 0. The van der Waals surface area contributed by atoms with Crippen molar-refractivity contribution >= 4 is 0 Å². The Morgan fingerprint density at radius 2 is 1.12 bits per heavy atom. The van der Waals surface area contributed by atoms with Crippen LogP contribution in [-0.2, 0) is 4.74 Å². The molecule has 1 aliphatic heterocycles. The van der Waals surface area contributed by atoms with Crippen LogP contribution in [0.2, 0.25) is 0 Å². The summed E-state index contributed by atoms with van der Waals surface area (Å²) in [5.74, 6) is -11.5. The molecule has 0 bridgehead atoms. The van der Waals surface area contributed by atoms with E-state index in [1.54, 1.807) is 0 Å². The predicted molar refractivity (Wildman–Crippen MR) is 72.1 cm³/mol. The molecule has 0 radical (unpaired) electrons. The molecule has 1 saturated heterocycles. The zero-order valence-corrected chi connectivity index (χ0v) is 14.9. The maximum absolute atomic E-state index is 15.1. The molecule has 11 heteroatoms. The van der Waals surface area contributed by atoms with Crippen LogP contribution < -0.4 is 0 Å². The van der Waals surface area contributed by atoms with E-state index in [0.29, 0.717) is 34.6 Å². The van der Waals surface area contributed by atoms with Crippen molar-refractivity contribution in [1.29, 1.82) is 0 Å². The van der Waals surface area contributed by atoms with E-state index in [4.69, 9.17) is 0 Å². The van der Waals surface area contributed by atoms with E-state index in [0.717, 1.165) is 6.92 Å². The van der Waals surface area contributed by atoms with Crippen molar-refractivity contribution in [1.82, 2.24) is 0 Å². The van der Waals surface area contributed by atoms with E-state index < -0.39 is 52.7 Å². The van der Waals surface area contributed by atoms with Gasteiger partial charge in [-0.1, -0.05) is 41.5 Å². The molecule has 3 unspecified atom stereocenters. The van der Waals surface area contributed by atoms with Crippen molar-refractivity contribution in [2.24, 2.45) is 10.8 Å². The number of hydrogen-bond donors (Lipinski definition) is 0. The molecular weight excluding hydrogens is 386 g/mol. The summed E-state index contributed by atoms with van der Waals surface area (Å²) in [6.07, 6.45) is -13.4. The summed E-state index contributed by atoms with van der Waals surface area (Å²) in [6, 6.07) is 0. The number of ether oxygens (including phenoxy) is 1. The van der Waals surface area contributed by atoms with Crippen LogP contribution in [0, 0.1) is 10.8 Å². The largest absolute Gasteiger partial charge is 0.432 e. The molecule has 0 aliphatic carbocycles. The van der Waals surface area contributed by atoms with Gasteiger partial charge in [-0.2, -0.15) is 30.7 Å². The average molecular weight is 406 g/mol. The fraction of sp³-hybridized carbons (Fsp3) is 1.00. The molecule has 3 atom stereocenters. The van der Waals surface area contributed by atoms with E-state index in [-0.39, 0.29) is 0 Å². The van der Waals surface area contributed by atoms with Crippen LogP contribution in [0.15, 0.2) is 0 Å². The van der Waals surface area contributed by atoms with Gasteiger partial charge in [0.25, 0.3) is 5.67 Å². The third-order valence-electron chi connectivity index (χ3n) is 5.15. The lowest BCUT2D eigenvalue weighted by atomic mass is 9.63. The van der Waals surface area contributed by atoms with Gasteiger partial charge in [-0.05, 0) is 6.42 Å². The highest BCUT2D eigenvalue weighted by molar-refractivity contribution is 5.29. The summed E-state index contributed by atoms with van der Waals surface area (Å²) in [7, 11) is 0. The third-order valence-corrected chi connectivity index (χ3v) is 5.15. The molecule has 0 spiro atoms. The zero-order valence-electron chi connectivity index (χ0n) is 14.9. The molecule has 26 heavy (non-hydrogen) atoms. The topological polar surface area (TPSA) is 9.23 Å². The molecule has 0 amide bonds. The second-order valence-corrected chi connectivity index (χ2v) is 8.09. The summed E-state index contributed by atoms with van der Waals surface area (Å²) in [5, 5.41) is 0. The van der Waals surface area contributed by atoms with Gasteiger partial charge < -0.3 is 0 Å². The number of rotatable bonds is 3. The van der Waals surface area contributed by atoms with Crippen LogP contribution >= 0.6 is 0 Å². The van der Waals surface area contributed by atoms with Gasteiger partial charge in [0.15, 0.2) is 0 Å². The van der Waals surface area contributed by atoms with Crippen LogP contribution in [0.1, 0.15) is 48.0 Å². The first-order chi connectivity index (χ1) is 11.0. The summed E-state index contributed by atoms with van der Waals surface area (Å²) >= 11 is 0. The second-order valence-electron chi connectivity index (χ2n) is 8.09. The van der Waals surface area contributed by atoms with Gasteiger partial charge in [0, 0.05) is 10.8 Å². The van der Waals surface area contributed by atoms with Crippen LogP contribution in [0.4, 0.5) is 43.9 Å². The van der Waals surface area contributed by atoms with E-state index in [2.05, 4.69) is 4.74 Å². The van der Waals surface area contributed by atoms with Crippen LogP contribution in [0.5, 0.6) is 0 Å². The Bertz CT molecular complexity index is 564. The molecular formula is C15H20F10O. The number of hydrogen-bond acceptors (Lipinski definition) is 1. The van der Waals surface area contributed by atoms with E-state index in [1.165, 1.54) is 0 Å². The monoisotopic (exact) mass is 406 g/mol. The quantitative estimate of drug-likeness (QED) is 0.495. The van der Waals surface area contributed by atoms with Crippen LogP contribution in [-0.4, -0.2) is 35.4 Å². The average Bonchev–Trinajstić information content (AvgIpc) is 2.54. The second kappa shape index (κ2) is 5.41. The molecule has 1 nitrogen and oxygen atoms in total. The highest BCUT2D eigenvalue weighted by Gasteiger charge is 3.00. The first-order valence-electron chi connectivity index (χ1n) is 7.61. The van der Waals surface area contributed by atoms with Gasteiger partial charge in [-0.15, -0.1) is 0 Å². The smallest absolute Gasteiger partial charge is 0.271 e. The molecule has 0 aromatic carbocycles. The molecule has 1 aliphatic rings.